The molecule has 2 aliphatic heterocycles. The Morgan fingerprint density at radius 1 is 0.956 bits per heavy atom. The molecule has 0 saturated carbocycles. The molecule has 4 heterocycles. The zero-order valence-electron chi connectivity index (χ0n) is 25.2. The highest BCUT2D eigenvalue weighted by Crippen LogP contribution is 2.34. The molecule has 45 heavy (non-hydrogen) atoms. The zero-order chi connectivity index (χ0) is 31.7. The Morgan fingerprint density at radius 2 is 1.67 bits per heavy atom. The van der Waals surface area contributed by atoms with Crippen LogP contribution >= 0.6 is 24.0 Å². The topological polar surface area (TPSA) is 79.6 Å². The number of nitrogens with zero attached hydrogens (tertiary/aromatic N) is 5. The van der Waals surface area contributed by atoms with Crippen LogP contribution in [0.15, 0.2) is 70.5 Å². The van der Waals surface area contributed by atoms with Crippen molar-refractivity contribution in [1.29, 1.82) is 0 Å². The van der Waals surface area contributed by atoms with E-state index in [0.717, 1.165) is 16.8 Å². The number of benzene rings is 2. The van der Waals surface area contributed by atoms with Crippen LogP contribution in [0.25, 0.3) is 11.7 Å². The fraction of sp³-hybridized carbons (Fsp3) is 0.273. The van der Waals surface area contributed by atoms with Crippen molar-refractivity contribution in [2.75, 3.05) is 56.7 Å². The van der Waals surface area contributed by atoms with Gasteiger partial charge in [0.15, 0.2) is 11.5 Å². The normalized spacial score (nSPS) is 16.3. The smallest absolute Gasteiger partial charge is 0.267 e. The maximum absolute atomic E-state index is 14.0. The average molecular weight is 646 g/mol. The van der Waals surface area contributed by atoms with E-state index in [2.05, 4.69) is 9.80 Å². The van der Waals surface area contributed by atoms with Gasteiger partial charge in [0.1, 0.15) is 21.6 Å². The number of anilines is 2. The summed E-state index contributed by atoms with van der Waals surface area (Å²) < 4.78 is 26.2. The van der Waals surface area contributed by atoms with Crippen molar-refractivity contribution in [3.8, 4) is 11.5 Å². The first kappa shape index (κ1) is 30.6. The first-order valence-corrected chi connectivity index (χ1v) is 15.7. The summed E-state index contributed by atoms with van der Waals surface area (Å²) in [5, 5.41) is 0. The molecular formula is C33H32FN5O4S2. The van der Waals surface area contributed by atoms with Gasteiger partial charge in [0.05, 0.1) is 24.7 Å². The minimum absolute atomic E-state index is 0.244. The predicted octanol–water partition coefficient (Wildman–Crippen LogP) is 4.93. The SMILES string of the molecule is COc1ccc(CCN2C(=O)C(=Cc3c(N4CCN(c5ccc(F)cc5)CC4)nc4ccc(C)cn4c3=O)SC2=S)cc1OC. The summed E-state index contributed by atoms with van der Waals surface area (Å²) in [6, 6.07) is 15.8. The van der Waals surface area contributed by atoms with Crippen molar-refractivity contribution < 1.29 is 18.7 Å². The number of fused-ring (bicyclic) bond motifs is 1. The molecule has 0 N–H and O–H groups in total. The van der Waals surface area contributed by atoms with Crippen molar-refractivity contribution in [1.82, 2.24) is 14.3 Å². The first-order valence-electron chi connectivity index (χ1n) is 14.5. The molecule has 0 spiro atoms. The van der Waals surface area contributed by atoms with Gasteiger partial charge >= 0.3 is 0 Å². The van der Waals surface area contributed by atoms with Crippen molar-refractivity contribution in [2.45, 2.75) is 13.3 Å². The van der Waals surface area contributed by atoms with Crippen LogP contribution < -0.4 is 24.8 Å². The number of halogens is 1. The molecule has 0 bridgehead atoms. The van der Waals surface area contributed by atoms with E-state index in [1.165, 1.54) is 28.3 Å². The summed E-state index contributed by atoms with van der Waals surface area (Å²) in [6.45, 7) is 4.82. The molecule has 0 atom stereocenters. The van der Waals surface area contributed by atoms with Crippen molar-refractivity contribution in [3.63, 3.8) is 0 Å². The van der Waals surface area contributed by atoms with E-state index in [1.54, 1.807) is 43.5 Å². The number of aromatic nitrogens is 2. The number of carbonyl (C=O) groups excluding carboxylic acids is 1. The summed E-state index contributed by atoms with van der Waals surface area (Å²) >= 11 is 6.80. The zero-order valence-corrected chi connectivity index (χ0v) is 26.8. The number of thioether (sulfide) groups is 1. The van der Waals surface area contributed by atoms with Gasteiger partial charge in [0.2, 0.25) is 0 Å². The Hall–Kier alpha value is -4.42. The van der Waals surface area contributed by atoms with Gasteiger partial charge in [-0.1, -0.05) is 36.1 Å². The van der Waals surface area contributed by atoms with Crippen molar-refractivity contribution >= 4 is 57.4 Å². The van der Waals surface area contributed by atoms with Crippen LogP contribution in [0.3, 0.4) is 0 Å². The van der Waals surface area contributed by atoms with E-state index in [4.69, 9.17) is 26.7 Å². The third-order valence-corrected chi connectivity index (χ3v) is 9.36. The highest BCUT2D eigenvalue weighted by atomic mass is 32.2. The van der Waals surface area contributed by atoms with E-state index >= 15 is 0 Å². The summed E-state index contributed by atoms with van der Waals surface area (Å²) in [5.74, 6) is 1.26. The highest BCUT2D eigenvalue weighted by molar-refractivity contribution is 8.26. The van der Waals surface area contributed by atoms with Crippen LogP contribution in [0.4, 0.5) is 15.9 Å². The minimum Gasteiger partial charge on any atom is -0.493 e. The quantitative estimate of drug-likeness (QED) is 0.196. The molecular weight excluding hydrogens is 614 g/mol. The van der Waals surface area contributed by atoms with E-state index in [-0.39, 0.29) is 17.3 Å². The summed E-state index contributed by atoms with van der Waals surface area (Å²) in [5.41, 5.74) is 3.44. The molecule has 0 aliphatic carbocycles. The molecule has 1 amide bonds. The monoisotopic (exact) mass is 645 g/mol. The Balaban J connectivity index is 1.28. The number of pyridine rings is 1. The Bertz CT molecular complexity index is 1870. The second kappa shape index (κ2) is 12.9. The number of hydrogen-bond acceptors (Lipinski definition) is 9. The summed E-state index contributed by atoms with van der Waals surface area (Å²) in [7, 11) is 3.17. The molecule has 2 saturated heterocycles. The van der Waals surface area contributed by atoms with Gasteiger partial charge in [-0.25, -0.2) is 9.37 Å². The molecule has 2 aromatic carbocycles. The van der Waals surface area contributed by atoms with Gasteiger partial charge in [-0.3, -0.25) is 18.9 Å². The largest absolute Gasteiger partial charge is 0.493 e. The van der Waals surface area contributed by atoms with Crippen LogP contribution in [-0.4, -0.2) is 71.5 Å². The number of rotatable bonds is 8. The van der Waals surface area contributed by atoms with E-state index in [0.29, 0.717) is 76.9 Å². The maximum Gasteiger partial charge on any atom is 0.267 e. The third kappa shape index (κ3) is 6.25. The van der Waals surface area contributed by atoms with Gasteiger partial charge in [-0.15, -0.1) is 0 Å². The van der Waals surface area contributed by atoms with Gasteiger partial charge in [-0.05, 0) is 73.0 Å². The molecule has 4 aromatic rings. The Labute approximate surface area is 269 Å². The number of piperazine rings is 1. The standard InChI is InChI=1S/C33H32FN5O4S2/c1-21-4-11-29-35-30(37-16-14-36(15-17-37)24-8-6-23(34)7-9-24)25(31(40)39(29)20-21)19-28-32(41)38(33(44)45-28)13-12-22-5-10-26(42-2)27(18-22)43-3/h4-11,18-20H,12-17H2,1-3H3. The second-order valence-electron chi connectivity index (χ2n) is 10.8. The van der Waals surface area contributed by atoms with Crippen LogP contribution in [0.2, 0.25) is 0 Å². The molecule has 0 radical (unpaired) electrons. The predicted molar refractivity (Wildman–Crippen MR) is 180 cm³/mol. The lowest BCUT2D eigenvalue weighted by atomic mass is 10.1. The Kier molecular flexibility index (Phi) is 8.77. The lowest BCUT2D eigenvalue weighted by Crippen LogP contribution is -2.47. The van der Waals surface area contributed by atoms with E-state index in [1.807, 2.05) is 37.3 Å². The van der Waals surface area contributed by atoms with E-state index < -0.39 is 0 Å². The van der Waals surface area contributed by atoms with Crippen molar-refractivity contribution in [3.05, 3.63) is 98.6 Å². The molecule has 12 heteroatoms. The fourth-order valence-corrected chi connectivity index (χ4v) is 6.83. The number of carbonyl (C=O) groups is 1. The van der Waals surface area contributed by atoms with Crippen molar-refractivity contribution in [2.24, 2.45) is 0 Å². The minimum atomic E-state index is -0.274. The summed E-state index contributed by atoms with van der Waals surface area (Å²) in [6.07, 6.45) is 3.96. The van der Waals surface area contributed by atoms with Crippen LogP contribution in [0.5, 0.6) is 11.5 Å². The van der Waals surface area contributed by atoms with Gasteiger partial charge < -0.3 is 19.3 Å². The lowest BCUT2D eigenvalue weighted by molar-refractivity contribution is -0.122. The number of amides is 1. The number of aryl methyl sites for hydroxylation is 1. The van der Waals surface area contributed by atoms with Crippen LogP contribution in [0, 0.1) is 12.7 Å². The third-order valence-electron chi connectivity index (χ3n) is 7.98. The van der Waals surface area contributed by atoms with Gasteiger partial charge in [-0.2, -0.15) is 0 Å². The van der Waals surface area contributed by atoms with Crippen LogP contribution in [0.1, 0.15) is 16.7 Å². The lowest BCUT2D eigenvalue weighted by Gasteiger charge is -2.37. The molecule has 232 valence electrons. The number of methoxy groups -OCH3 is 2. The summed E-state index contributed by atoms with van der Waals surface area (Å²) in [4.78, 5) is 38.7. The molecule has 2 fully saturated rings. The average Bonchev–Trinajstić information content (AvgIpc) is 3.32. The molecule has 2 aliphatic rings. The number of thiocarbonyl (C=S) groups is 1. The van der Waals surface area contributed by atoms with Gasteiger partial charge in [0.25, 0.3) is 11.5 Å². The molecule has 2 aromatic heterocycles. The molecule has 6 rings (SSSR count). The number of hydrogen-bond donors (Lipinski definition) is 0. The molecule has 9 nitrogen and oxygen atoms in total. The number of ether oxygens (including phenoxy) is 2. The second-order valence-corrected chi connectivity index (χ2v) is 12.5. The molecule has 0 unspecified atom stereocenters. The Morgan fingerprint density at radius 3 is 2.38 bits per heavy atom. The van der Waals surface area contributed by atoms with E-state index in [9.17, 15) is 14.0 Å². The van der Waals surface area contributed by atoms with Crippen LogP contribution in [-0.2, 0) is 11.2 Å². The maximum atomic E-state index is 14.0. The van der Waals surface area contributed by atoms with Gasteiger partial charge in [0, 0.05) is 44.6 Å². The fourth-order valence-electron chi connectivity index (χ4n) is 5.54. The first-order chi connectivity index (χ1) is 21.7. The highest BCUT2D eigenvalue weighted by Gasteiger charge is 2.33.